The molecule has 1 aromatic rings. The number of benzene rings is 1. The number of nitrogens with zero attached hydrogens (tertiary/aromatic N) is 1. The minimum atomic E-state index is 0.0152. The van der Waals surface area contributed by atoms with Crippen molar-refractivity contribution in [2.75, 3.05) is 46.1 Å². The normalized spacial score (nSPS) is 18.7. The van der Waals surface area contributed by atoms with Crippen LogP contribution in [0, 0.1) is 0 Å². The number of hydrogen-bond acceptors (Lipinski definition) is 4. The van der Waals surface area contributed by atoms with E-state index in [2.05, 4.69) is 15.6 Å². The van der Waals surface area contributed by atoms with E-state index in [4.69, 9.17) is 9.47 Å². The summed E-state index contributed by atoms with van der Waals surface area (Å²) in [5.41, 5.74) is 1.11. The monoisotopic (exact) mass is 363 g/mol. The van der Waals surface area contributed by atoms with E-state index in [-0.39, 0.29) is 18.6 Å². The second kappa shape index (κ2) is 12.7. The van der Waals surface area contributed by atoms with Crippen LogP contribution in [0.15, 0.2) is 35.3 Å². The number of guanidine groups is 1. The first-order valence-electron chi connectivity index (χ1n) is 9.70. The van der Waals surface area contributed by atoms with Crippen LogP contribution in [-0.2, 0) is 9.47 Å². The van der Waals surface area contributed by atoms with E-state index >= 15 is 0 Å². The fourth-order valence-corrected chi connectivity index (χ4v) is 2.91. The molecule has 0 aliphatic carbocycles. The summed E-state index contributed by atoms with van der Waals surface area (Å²) in [4.78, 5) is 4.62. The Kier molecular flexibility index (Phi) is 10.1. The Hall–Kier alpha value is -1.63. The third-order valence-electron chi connectivity index (χ3n) is 4.39. The first-order valence-corrected chi connectivity index (χ1v) is 9.70. The van der Waals surface area contributed by atoms with Gasteiger partial charge >= 0.3 is 0 Å². The van der Waals surface area contributed by atoms with Crippen LogP contribution in [0.25, 0.3) is 0 Å². The zero-order valence-electron chi connectivity index (χ0n) is 15.8. The van der Waals surface area contributed by atoms with Gasteiger partial charge in [0.2, 0.25) is 0 Å². The molecule has 6 nitrogen and oxygen atoms in total. The van der Waals surface area contributed by atoms with E-state index in [1.54, 1.807) is 0 Å². The average molecular weight is 364 g/mol. The Morgan fingerprint density at radius 3 is 2.88 bits per heavy atom. The minimum Gasteiger partial charge on any atom is -0.396 e. The molecular formula is C20H33N3O3. The molecule has 26 heavy (non-hydrogen) atoms. The summed E-state index contributed by atoms with van der Waals surface area (Å²) in [6.07, 6.45) is 3.47. The van der Waals surface area contributed by atoms with Crippen LogP contribution in [0.1, 0.15) is 37.7 Å². The number of rotatable bonds is 11. The summed E-state index contributed by atoms with van der Waals surface area (Å²) in [7, 11) is 0. The lowest BCUT2D eigenvalue weighted by molar-refractivity contribution is 0.0168. The van der Waals surface area contributed by atoms with Crippen molar-refractivity contribution in [1.29, 1.82) is 0 Å². The Balaban J connectivity index is 1.68. The number of aliphatic hydroxyl groups excluding tert-OH is 1. The van der Waals surface area contributed by atoms with Crippen LogP contribution in [0.3, 0.4) is 0 Å². The summed E-state index contributed by atoms with van der Waals surface area (Å²) >= 11 is 0. The predicted molar refractivity (Wildman–Crippen MR) is 105 cm³/mol. The molecule has 1 aliphatic heterocycles. The standard InChI is InChI=1S/C20H33N3O3/c1-2-21-20(22-11-7-12-25-16-19-10-6-13-26-19)23-14-18(15-24)17-8-4-3-5-9-17/h3-5,8-9,18-19,24H,2,6-7,10-16H2,1H3,(H2,21,22,23). The number of nitrogens with one attached hydrogen (secondary N) is 2. The first kappa shape index (κ1) is 20.7. The van der Waals surface area contributed by atoms with Crippen LogP contribution in [0.5, 0.6) is 0 Å². The predicted octanol–water partition coefficient (Wildman–Crippen LogP) is 1.90. The fourth-order valence-electron chi connectivity index (χ4n) is 2.91. The molecule has 6 heteroatoms. The number of ether oxygens (including phenoxy) is 2. The molecule has 3 N–H and O–H groups in total. The van der Waals surface area contributed by atoms with Crippen LogP contribution >= 0.6 is 0 Å². The van der Waals surface area contributed by atoms with Crippen molar-refractivity contribution < 1.29 is 14.6 Å². The Morgan fingerprint density at radius 1 is 1.35 bits per heavy atom. The van der Waals surface area contributed by atoms with E-state index in [1.807, 2.05) is 37.3 Å². The van der Waals surface area contributed by atoms with Gasteiger partial charge in [0.1, 0.15) is 0 Å². The highest BCUT2D eigenvalue weighted by molar-refractivity contribution is 5.79. The fraction of sp³-hybridized carbons (Fsp3) is 0.650. The molecule has 1 aliphatic rings. The first-order chi connectivity index (χ1) is 12.8. The molecule has 2 rings (SSSR count). The zero-order chi connectivity index (χ0) is 18.5. The Bertz CT molecular complexity index is 504. The van der Waals surface area contributed by atoms with Gasteiger partial charge in [-0.05, 0) is 31.7 Å². The van der Waals surface area contributed by atoms with Gasteiger partial charge < -0.3 is 25.2 Å². The second-order valence-electron chi connectivity index (χ2n) is 6.50. The Morgan fingerprint density at radius 2 is 2.19 bits per heavy atom. The highest BCUT2D eigenvalue weighted by atomic mass is 16.5. The zero-order valence-corrected chi connectivity index (χ0v) is 15.8. The van der Waals surface area contributed by atoms with Crippen molar-refractivity contribution in [3.63, 3.8) is 0 Å². The highest BCUT2D eigenvalue weighted by Crippen LogP contribution is 2.15. The molecule has 0 bridgehead atoms. The quantitative estimate of drug-likeness (QED) is 0.318. The second-order valence-corrected chi connectivity index (χ2v) is 6.50. The largest absolute Gasteiger partial charge is 0.396 e. The van der Waals surface area contributed by atoms with Crippen LogP contribution < -0.4 is 10.6 Å². The van der Waals surface area contributed by atoms with Crippen molar-refractivity contribution in [3.05, 3.63) is 35.9 Å². The van der Waals surface area contributed by atoms with Crippen LogP contribution in [0.2, 0.25) is 0 Å². The van der Waals surface area contributed by atoms with E-state index < -0.39 is 0 Å². The van der Waals surface area contributed by atoms with Gasteiger partial charge in [-0.25, -0.2) is 0 Å². The van der Waals surface area contributed by atoms with Gasteiger partial charge in [0.25, 0.3) is 0 Å². The molecule has 0 spiro atoms. The van der Waals surface area contributed by atoms with Gasteiger partial charge in [-0.15, -0.1) is 0 Å². The molecular weight excluding hydrogens is 330 g/mol. The smallest absolute Gasteiger partial charge is 0.191 e. The molecule has 1 saturated heterocycles. The maximum Gasteiger partial charge on any atom is 0.191 e. The Labute approximate surface area is 157 Å². The minimum absolute atomic E-state index is 0.0152. The summed E-state index contributed by atoms with van der Waals surface area (Å²) < 4.78 is 11.2. The van der Waals surface area contributed by atoms with Gasteiger partial charge in [-0.2, -0.15) is 0 Å². The van der Waals surface area contributed by atoms with Crippen LogP contribution in [-0.4, -0.2) is 63.2 Å². The molecule has 146 valence electrons. The summed E-state index contributed by atoms with van der Waals surface area (Å²) in [6.45, 7) is 6.57. The lowest BCUT2D eigenvalue weighted by Crippen LogP contribution is -2.38. The van der Waals surface area contributed by atoms with Crippen LogP contribution in [0.4, 0.5) is 0 Å². The van der Waals surface area contributed by atoms with Crippen molar-refractivity contribution in [1.82, 2.24) is 10.6 Å². The van der Waals surface area contributed by atoms with Crippen molar-refractivity contribution >= 4 is 5.96 Å². The SMILES string of the molecule is CCNC(=NCC(CO)c1ccccc1)NCCCOCC1CCCO1. The number of aliphatic imine (C=N–C) groups is 1. The maximum absolute atomic E-state index is 9.65. The lowest BCUT2D eigenvalue weighted by Gasteiger charge is -2.15. The van der Waals surface area contributed by atoms with E-state index in [1.165, 1.54) is 0 Å². The lowest BCUT2D eigenvalue weighted by atomic mass is 10.0. The summed E-state index contributed by atoms with van der Waals surface area (Å²) in [5.74, 6) is 0.794. The third kappa shape index (κ3) is 7.72. The molecule has 2 atom stereocenters. The van der Waals surface area contributed by atoms with Gasteiger partial charge in [0, 0.05) is 32.2 Å². The van der Waals surface area contributed by atoms with Gasteiger partial charge in [0.05, 0.1) is 25.9 Å². The summed E-state index contributed by atoms with van der Waals surface area (Å²) in [6, 6.07) is 10.0. The number of hydrogen-bond donors (Lipinski definition) is 3. The molecule has 2 unspecified atom stereocenters. The third-order valence-corrected chi connectivity index (χ3v) is 4.39. The average Bonchev–Trinajstić information content (AvgIpc) is 3.19. The molecule has 1 heterocycles. The molecule has 0 amide bonds. The highest BCUT2D eigenvalue weighted by Gasteiger charge is 2.15. The molecule has 1 aromatic carbocycles. The summed E-state index contributed by atoms with van der Waals surface area (Å²) in [5, 5.41) is 16.2. The molecule has 1 fully saturated rings. The van der Waals surface area contributed by atoms with Crippen molar-refractivity contribution in [2.24, 2.45) is 4.99 Å². The topological polar surface area (TPSA) is 75.1 Å². The van der Waals surface area contributed by atoms with Crippen molar-refractivity contribution in [2.45, 2.75) is 38.2 Å². The molecule has 0 radical (unpaired) electrons. The van der Waals surface area contributed by atoms with E-state index in [0.29, 0.717) is 13.2 Å². The number of aliphatic hydroxyl groups is 1. The van der Waals surface area contributed by atoms with Gasteiger partial charge in [0.15, 0.2) is 5.96 Å². The molecule has 0 saturated carbocycles. The molecule has 0 aromatic heterocycles. The van der Waals surface area contributed by atoms with Crippen molar-refractivity contribution in [3.8, 4) is 0 Å². The maximum atomic E-state index is 9.65. The van der Waals surface area contributed by atoms with Gasteiger partial charge in [-0.1, -0.05) is 30.3 Å². The van der Waals surface area contributed by atoms with E-state index in [9.17, 15) is 5.11 Å². The van der Waals surface area contributed by atoms with Gasteiger partial charge in [-0.3, -0.25) is 4.99 Å². The van der Waals surface area contributed by atoms with E-state index in [0.717, 1.165) is 57.1 Å².